The van der Waals surface area contributed by atoms with E-state index in [1.807, 2.05) is 0 Å². The molecule has 1 aromatic rings. The van der Waals surface area contributed by atoms with Gasteiger partial charge in [-0.2, -0.15) is 0 Å². The monoisotopic (exact) mass is 346 g/mol. The zero-order chi connectivity index (χ0) is 16.4. The fourth-order valence-electron chi connectivity index (χ4n) is 1.72. The lowest BCUT2D eigenvalue weighted by molar-refractivity contribution is -0.144. The zero-order valence-electron chi connectivity index (χ0n) is 12.6. The topological polar surface area (TPSA) is 52.6 Å². The van der Waals surface area contributed by atoms with E-state index in [9.17, 15) is 9.59 Å². The van der Waals surface area contributed by atoms with E-state index >= 15 is 0 Å². The van der Waals surface area contributed by atoms with Crippen LogP contribution in [0.3, 0.4) is 0 Å². The van der Waals surface area contributed by atoms with Crippen LogP contribution in [0.5, 0.6) is 5.75 Å². The lowest BCUT2D eigenvalue weighted by atomic mass is 10.2. The van der Waals surface area contributed by atoms with Crippen molar-refractivity contribution in [1.82, 2.24) is 0 Å². The fourth-order valence-corrected chi connectivity index (χ4v) is 2.05. The average molecular weight is 347 g/mol. The highest BCUT2D eigenvalue weighted by atomic mass is 35.5. The van der Waals surface area contributed by atoms with Crippen LogP contribution in [0, 0.1) is 0 Å². The smallest absolute Gasteiger partial charge is 0.311 e. The maximum Gasteiger partial charge on any atom is 0.311 e. The van der Waals surface area contributed by atoms with E-state index in [0.29, 0.717) is 18.1 Å². The Bertz CT molecular complexity index is 503. The minimum Gasteiger partial charge on any atom is -0.466 e. The number of benzene rings is 1. The van der Waals surface area contributed by atoms with Crippen molar-refractivity contribution in [3.63, 3.8) is 0 Å². The van der Waals surface area contributed by atoms with Crippen molar-refractivity contribution >= 4 is 35.1 Å². The van der Waals surface area contributed by atoms with Crippen LogP contribution in [0.2, 0.25) is 10.0 Å². The van der Waals surface area contributed by atoms with Crippen molar-refractivity contribution in [2.24, 2.45) is 0 Å². The van der Waals surface area contributed by atoms with E-state index in [1.54, 1.807) is 18.2 Å². The number of carbonyl (C=O) groups excluding carboxylic acids is 2. The molecule has 122 valence electrons. The molecular weight excluding hydrogens is 327 g/mol. The first-order valence-corrected chi connectivity index (χ1v) is 8.10. The SMILES string of the molecule is CCCCCOC(=O)CCCC(=O)Oc1cccc(Cl)c1Cl. The van der Waals surface area contributed by atoms with Crippen LogP contribution in [0.1, 0.15) is 45.4 Å². The number of unbranched alkanes of at least 4 members (excludes halogenated alkanes) is 2. The third-order valence-corrected chi connectivity index (χ3v) is 3.71. The molecule has 0 aliphatic rings. The summed E-state index contributed by atoms with van der Waals surface area (Å²) in [6.45, 7) is 2.52. The first-order chi connectivity index (χ1) is 10.5. The molecule has 1 rings (SSSR count). The Labute approximate surface area is 140 Å². The van der Waals surface area contributed by atoms with Gasteiger partial charge in [-0.1, -0.05) is 49.0 Å². The largest absolute Gasteiger partial charge is 0.466 e. The highest BCUT2D eigenvalue weighted by Crippen LogP contribution is 2.31. The van der Waals surface area contributed by atoms with Crippen LogP contribution in [0.4, 0.5) is 0 Å². The van der Waals surface area contributed by atoms with Crippen LogP contribution in [-0.4, -0.2) is 18.5 Å². The molecule has 0 spiro atoms. The molecule has 0 atom stereocenters. The molecule has 0 saturated heterocycles. The minimum absolute atomic E-state index is 0.118. The van der Waals surface area contributed by atoms with Crippen molar-refractivity contribution in [3.05, 3.63) is 28.2 Å². The van der Waals surface area contributed by atoms with Gasteiger partial charge in [0.05, 0.1) is 11.6 Å². The Kier molecular flexibility index (Phi) is 8.94. The van der Waals surface area contributed by atoms with Gasteiger partial charge in [0.1, 0.15) is 5.02 Å². The van der Waals surface area contributed by atoms with Crippen LogP contribution in [0.15, 0.2) is 18.2 Å². The van der Waals surface area contributed by atoms with E-state index in [4.69, 9.17) is 32.7 Å². The lowest BCUT2D eigenvalue weighted by Crippen LogP contribution is -2.10. The molecule has 1 aromatic carbocycles. The standard InChI is InChI=1S/C16H20Cl2O4/c1-2-3-4-11-21-14(19)9-6-10-15(20)22-13-8-5-7-12(17)16(13)18/h5,7-8H,2-4,6,9-11H2,1H3. The Morgan fingerprint density at radius 3 is 2.50 bits per heavy atom. The van der Waals surface area contributed by atoms with Crippen molar-refractivity contribution in [2.45, 2.75) is 45.4 Å². The summed E-state index contributed by atoms with van der Waals surface area (Å²) in [7, 11) is 0. The van der Waals surface area contributed by atoms with Crippen LogP contribution < -0.4 is 4.74 Å². The molecule has 0 saturated carbocycles. The highest BCUT2D eigenvalue weighted by Gasteiger charge is 2.11. The molecular formula is C16H20Cl2O4. The van der Waals surface area contributed by atoms with Gasteiger partial charge in [0.15, 0.2) is 5.75 Å². The third kappa shape index (κ3) is 7.14. The number of hydrogen-bond donors (Lipinski definition) is 0. The maximum absolute atomic E-state index is 11.7. The summed E-state index contributed by atoms with van der Waals surface area (Å²) in [6, 6.07) is 4.81. The van der Waals surface area contributed by atoms with Gasteiger partial charge in [0.2, 0.25) is 0 Å². The molecule has 0 N–H and O–H groups in total. The van der Waals surface area contributed by atoms with Gasteiger partial charge in [0, 0.05) is 12.8 Å². The van der Waals surface area contributed by atoms with Crippen molar-refractivity contribution < 1.29 is 19.1 Å². The molecule has 0 amide bonds. The van der Waals surface area contributed by atoms with E-state index in [-0.39, 0.29) is 29.6 Å². The van der Waals surface area contributed by atoms with Gasteiger partial charge in [-0.05, 0) is 25.0 Å². The number of hydrogen-bond acceptors (Lipinski definition) is 4. The van der Waals surface area contributed by atoms with Crippen molar-refractivity contribution in [3.8, 4) is 5.75 Å². The molecule has 0 radical (unpaired) electrons. The van der Waals surface area contributed by atoms with Gasteiger partial charge in [0.25, 0.3) is 0 Å². The van der Waals surface area contributed by atoms with Crippen LogP contribution in [-0.2, 0) is 14.3 Å². The second-order valence-electron chi connectivity index (χ2n) is 4.81. The zero-order valence-corrected chi connectivity index (χ0v) is 14.1. The first-order valence-electron chi connectivity index (χ1n) is 7.35. The third-order valence-electron chi connectivity index (χ3n) is 2.91. The predicted octanol–water partition coefficient (Wildman–Crippen LogP) is 4.80. The second-order valence-corrected chi connectivity index (χ2v) is 5.59. The van der Waals surface area contributed by atoms with Gasteiger partial charge < -0.3 is 9.47 Å². The molecule has 0 aliphatic carbocycles. The summed E-state index contributed by atoms with van der Waals surface area (Å²) in [5.41, 5.74) is 0. The van der Waals surface area contributed by atoms with Gasteiger partial charge in [-0.3, -0.25) is 9.59 Å². The molecule has 6 heteroatoms. The van der Waals surface area contributed by atoms with E-state index in [0.717, 1.165) is 19.3 Å². The summed E-state index contributed by atoms with van der Waals surface area (Å²) >= 11 is 11.8. The van der Waals surface area contributed by atoms with Gasteiger partial charge in [-0.15, -0.1) is 0 Å². The molecule has 0 aliphatic heterocycles. The average Bonchev–Trinajstić information content (AvgIpc) is 2.48. The van der Waals surface area contributed by atoms with Gasteiger partial charge >= 0.3 is 11.9 Å². The van der Waals surface area contributed by atoms with Gasteiger partial charge in [-0.25, -0.2) is 0 Å². The Balaban J connectivity index is 2.23. The summed E-state index contributed by atoms with van der Waals surface area (Å²) < 4.78 is 10.2. The summed E-state index contributed by atoms with van der Waals surface area (Å²) in [6.07, 6.45) is 3.69. The van der Waals surface area contributed by atoms with E-state index in [2.05, 4.69) is 6.92 Å². The molecule has 0 heterocycles. The Morgan fingerprint density at radius 2 is 1.77 bits per heavy atom. The lowest BCUT2D eigenvalue weighted by Gasteiger charge is -2.07. The number of carbonyl (C=O) groups is 2. The molecule has 0 bridgehead atoms. The molecule has 4 nitrogen and oxygen atoms in total. The summed E-state index contributed by atoms with van der Waals surface area (Å²) in [4.78, 5) is 23.1. The normalized spacial score (nSPS) is 10.3. The Morgan fingerprint density at radius 1 is 1.05 bits per heavy atom. The predicted molar refractivity (Wildman–Crippen MR) is 86.4 cm³/mol. The summed E-state index contributed by atoms with van der Waals surface area (Å²) in [5, 5.41) is 0.524. The number of ether oxygens (including phenoxy) is 2. The molecule has 0 aromatic heterocycles. The minimum atomic E-state index is -0.456. The van der Waals surface area contributed by atoms with Crippen molar-refractivity contribution in [2.75, 3.05) is 6.61 Å². The first kappa shape index (κ1) is 18.8. The number of rotatable bonds is 9. The maximum atomic E-state index is 11.7. The molecule has 0 unspecified atom stereocenters. The van der Waals surface area contributed by atoms with E-state index in [1.165, 1.54) is 0 Å². The molecule has 0 fully saturated rings. The summed E-state index contributed by atoms with van der Waals surface area (Å²) in [5.74, 6) is -0.519. The number of halogens is 2. The van der Waals surface area contributed by atoms with Crippen LogP contribution >= 0.6 is 23.2 Å². The molecule has 22 heavy (non-hydrogen) atoms. The number of esters is 2. The van der Waals surface area contributed by atoms with Crippen LogP contribution in [0.25, 0.3) is 0 Å². The fraction of sp³-hybridized carbons (Fsp3) is 0.500. The highest BCUT2D eigenvalue weighted by molar-refractivity contribution is 6.43. The van der Waals surface area contributed by atoms with E-state index < -0.39 is 5.97 Å². The Hall–Kier alpha value is -1.26. The quantitative estimate of drug-likeness (QED) is 0.366. The second kappa shape index (κ2) is 10.5. The van der Waals surface area contributed by atoms with Crippen molar-refractivity contribution in [1.29, 1.82) is 0 Å².